The third-order valence-corrected chi connectivity index (χ3v) is 2.32. The van der Waals surface area contributed by atoms with Crippen molar-refractivity contribution in [2.45, 2.75) is 4.90 Å². The molecule has 0 radical (unpaired) electrons. The van der Waals surface area contributed by atoms with Crippen LogP contribution >= 0.6 is 24.2 Å². The van der Waals surface area contributed by atoms with Gasteiger partial charge in [0.1, 0.15) is 0 Å². The van der Waals surface area contributed by atoms with Gasteiger partial charge in [-0.25, -0.2) is 4.79 Å². The minimum Gasteiger partial charge on any atom is -0.465 e. The maximum atomic E-state index is 11.2. The molecule has 0 bridgehead atoms. The highest BCUT2D eigenvalue weighted by atomic mass is 35.5. The SMILES string of the molecule is COC(=O)c1c(S)ccc(N)c1Cl. The molecule has 0 spiro atoms. The summed E-state index contributed by atoms with van der Waals surface area (Å²) in [5.74, 6) is -0.540. The maximum Gasteiger partial charge on any atom is 0.340 e. The van der Waals surface area contributed by atoms with E-state index in [1.807, 2.05) is 0 Å². The van der Waals surface area contributed by atoms with Gasteiger partial charge in [-0.15, -0.1) is 12.6 Å². The van der Waals surface area contributed by atoms with Crippen LogP contribution in [-0.2, 0) is 4.74 Å². The largest absolute Gasteiger partial charge is 0.465 e. The molecule has 1 rings (SSSR count). The zero-order chi connectivity index (χ0) is 10.0. The number of carbonyl (C=O) groups excluding carboxylic acids is 1. The van der Waals surface area contributed by atoms with E-state index in [0.29, 0.717) is 10.6 Å². The van der Waals surface area contributed by atoms with Crippen LogP contribution in [0.1, 0.15) is 10.4 Å². The smallest absolute Gasteiger partial charge is 0.340 e. The molecular weight excluding hydrogens is 210 g/mol. The summed E-state index contributed by atoms with van der Waals surface area (Å²) in [6, 6.07) is 3.17. The maximum absolute atomic E-state index is 11.2. The number of hydrogen-bond acceptors (Lipinski definition) is 4. The number of benzene rings is 1. The molecule has 0 saturated heterocycles. The summed E-state index contributed by atoms with van der Waals surface area (Å²) in [4.78, 5) is 11.6. The van der Waals surface area contributed by atoms with Crippen molar-refractivity contribution in [3.63, 3.8) is 0 Å². The zero-order valence-corrected chi connectivity index (χ0v) is 8.52. The average molecular weight is 218 g/mol. The van der Waals surface area contributed by atoms with E-state index in [2.05, 4.69) is 17.4 Å². The van der Waals surface area contributed by atoms with Crippen molar-refractivity contribution in [3.8, 4) is 0 Å². The molecule has 0 aliphatic heterocycles. The lowest BCUT2D eigenvalue weighted by atomic mass is 10.2. The molecule has 0 aromatic heterocycles. The quantitative estimate of drug-likeness (QED) is 0.430. The Morgan fingerprint density at radius 1 is 1.62 bits per heavy atom. The Morgan fingerprint density at radius 2 is 2.23 bits per heavy atom. The van der Waals surface area contributed by atoms with Crippen molar-refractivity contribution in [2.24, 2.45) is 0 Å². The van der Waals surface area contributed by atoms with Gasteiger partial charge in [0.05, 0.1) is 23.4 Å². The number of halogens is 1. The first-order valence-electron chi connectivity index (χ1n) is 3.43. The number of hydrogen-bond donors (Lipinski definition) is 2. The zero-order valence-electron chi connectivity index (χ0n) is 6.87. The van der Waals surface area contributed by atoms with Crippen molar-refractivity contribution >= 4 is 35.9 Å². The van der Waals surface area contributed by atoms with E-state index in [1.54, 1.807) is 12.1 Å². The number of methoxy groups -OCH3 is 1. The molecule has 0 aliphatic carbocycles. The lowest BCUT2D eigenvalue weighted by molar-refractivity contribution is 0.0597. The van der Waals surface area contributed by atoms with Gasteiger partial charge in [-0.3, -0.25) is 0 Å². The van der Waals surface area contributed by atoms with E-state index in [4.69, 9.17) is 17.3 Å². The van der Waals surface area contributed by atoms with Gasteiger partial charge >= 0.3 is 5.97 Å². The molecule has 70 valence electrons. The highest BCUT2D eigenvalue weighted by molar-refractivity contribution is 7.80. The van der Waals surface area contributed by atoms with E-state index < -0.39 is 5.97 Å². The summed E-state index contributed by atoms with van der Waals surface area (Å²) >= 11 is 9.86. The second kappa shape index (κ2) is 3.89. The third-order valence-electron chi connectivity index (χ3n) is 1.54. The topological polar surface area (TPSA) is 52.3 Å². The normalized spacial score (nSPS) is 9.77. The van der Waals surface area contributed by atoms with Crippen LogP contribution in [0.5, 0.6) is 0 Å². The van der Waals surface area contributed by atoms with E-state index in [1.165, 1.54) is 7.11 Å². The van der Waals surface area contributed by atoms with Crippen LogP contribution in [0.2, 0.25) is 5.02 Å². The van der Waals surface area contributed by atoms with E-state index in [0.717, 1.165) is 0 Å². The van der Waals surface area contributed by atoms with Crippen molar-refractivity contribution in [1.82, 2.24) is 0 Å². The molecule has 2 N–H and O–H groups in total. The molecule has 5 heteroatoms. The molecule has 1 aromatic rings. The first-order valence-corrected chi connectivity index (χ1v) is 4.25. The number of ether oxygens (including phenoxy) is 1. The van der Waals surface area contributed by atoms with E-state index in [-0.39, 0.29) is 10.6 Å². The lowest BCUT2D eigenvalue weighted by Crippen LogP contribution is -2.05. The second-order valence-corrected chi connectivity index (χ2v) is 3.21. The van der Waals surface area contributed by atoms with Gasteiger partial charge in [-0.1, -0.05) is 11.6 Å². The number of rotatable bonds is 1. The number of esters is 1. The van der Waals surface area contributed by atoms with Gasteiger partial charge < -0.3 is 10.5 Å². The lowest BCUT2D eigenvalue weighted by Gasteiger charge is -2.06. The highest BCUT2D eigenvalue weighted by Crippen LogP contribution is 2.29. The summed E-state index contributed by atoms with van der Waals surface area (Å²) in [5.41, 5.74) is 6.04. The Labute approximate surface area is 86.2 Å². The van der Waals surface area contributed by atoms with Crippen molar-refractivity contribution < 1.29 is 9.53 Å². The summed E-state index contributed by atoms with van der Waals surface area (Å²) < 4.78 is 4.53. The first kappa shape index (κ1) is 10.2. The van der Waals surface area contributed by atoms with Crippen LogP contribution in [0.25, 0.3) is 0 Å². The molecule has 0 amide bonds. The van der Waals surface area contributed by atoms with Gasteiger partial charge in [-0.2, -0.15) is 0 Å². The number of carbonyl (C=O) groups is 1. The number of nitrogens with two attached hydrogens (primary N) is 1. The first-order chi connectivity index (χ1) is 6.07. The van der Waals surface area contributed by atoms with Crippen LogP contribution in [0.3, 0.4) is 0 Å². The number of nitrogen functional groups attached to an aromatic ring is 1. The van der Waals surface area contributed by atoms with E-state index >= 15 is 0 Å². The van der Waals surface area contributed by atoms with Crippen LogP contribution in [0.15, 0.2) is 17.0 Å². The van der Waals surface area contributed by atoms with Crippen molar-refractivity contribution in [3.05, 3.63) is 22.7 Å². The molecule has 1 aromatic carbocycles. The molecule has 0 atom stereocenters. The van der Waals surface area contributed by atoms with Gasteiger partial charge in [0, 0.05) is 4.90 Å². The second-order valence-electron chi connectivity index (χ2n) is 2.35. The molecule has 13 heavy (non-hydrogen) atoms. The Hall–Kier alpha value is -0.870. The summed E-state index contributed by atoms with van der Waals surface area (Å²) in [6.45, 7) is 0. The molecule has 0 fully saturated rings. The Bertz CT molecular complexity index is 354. The van der Waals surface area contributed by atoms with Gasteiger partial charge in [-0.05, 0) is 12.1 Å². The summed E-state index contributed by atoms with van der Waals surface area (Å²) in [7, 11) is 1.27. The highest BCUT2D eigenvalue weighted by Gasteiger charge is 2.16. The predicted molar refractivity (Wildman–Crippen MR) is 54.5 cm³/mol. The van der Waals surface area contributed by atoms with Crippen molar-refractivity contribution in [1.29, 1.82) is 0 Å². The molecule has 3 nitrogen and oxygen atoms in total. The van der Waals surface area contributed by atoms with Crippen LogP contribution in [0, 0.1) is 0 Å². The third kappa shape index (κ3) is 1.89. The Kier molecular flexibility index (Phi) is 3.06. The summed E-state index contributed by atoms with van der Waals surface area (Å²) in [6.07, 6.45) is 0. The molecule has 0 heterocycles. The van der Waals surface area contributed by atoms with Crippen molar-refractivity contribution in [2.75, 3.05) is 12.8 Å². The molecule has 0 unspecified atom stereocenters. The average Bonchev–Trinajstić information content (AvgIpc) is 2.12. The Morgan fingerprint density at radius 3 is 2.77 bits per heavy atom. The fourth-order valence-electron chi connectivity index (χ4n) is 0.878. The van der Waals surface area contributed by atoms with Crippen LogP contribution < -0.4 is 5.73 Å². The minimum absolute atomic E-state index is 0.180. The monoisotopic (exact) mass is 217 g/mol. The molecule has 0 saturated carbocycles. The van der Waals surface area contributed by atoms with Gasteiger partial charge in [0.25, 0.3) is 0 Å². The molecular formula is C8H8ClNO2S. The van der Waals surface area contributed by atoms with E-state index in [9.17, 15) is 4.79 Å². The van der Waals surface area contributed by atoms with Gasteiger partial charge in [0.2, 0.25) is 0 Å². The van der Waals surface area contributed by atoms with Crippen LogP contribution in [0.4, 0.5) is 5.69 Å². The molecule has 0 aliphatic rings. The standard InChI is InChI=1S/C8H8ClNO2S/c1-12-8(11)6-5(13)3-2-4(10)7(6)9/h2-3,13H,10H2,1H3. The Balaban J connectivity index is 3.33. The van der Waals surface area contributed by atoms with Crippen LogP contribution in [-0.4, -0.2) is 13.1 Å². The number of anilines is 1. The summed E-state index contributed by atoms with van der Waals surface area (Å²) in [5, 5.41) is 0.180. The fourth-order valence-corrected chi connectivity index (χ4v) is 1.46. The number of thiol groups is 1. The van der Waals surface area contributed by atoms with Gasteiger partial charge in [0.15, 0.2) is 0 Å². The predicted octanol–water partition coefficient (Wildman–Crippen LogP) is 2.00. The minimum atomic E-state index is -0.540. The fraction of sp³-hybridized carbons (Fsp3) is 0.125.